The molecular formula is C22H28F3NO. The topological polar surface area (TPSA) is 12.5 Å². The first-order valence-corrected chi connectivity index (χ1v) is 9.46. The van der Waals surface area contributed by atoms with E-state index in [0.29, 0.717) is 13.0 Å². The number of likely N-dealkylation sites (N-methyl/N-ethyl adjacent to an activating group) is 1. The zero-order valence-electron chi connectivity index (χ0n) is 16.1. The van der Waals surface area contributed by atoms with Crippen molar-refractivity contribution in [1.82, 2.24) is 4.90 Å². The van der Waals surface area contributed by atoms with E-state index in [-0.39, 0.29) is 0 Å². The molecule has 5 heteroatoms. The van der Waals surface area contributed by atoms with Crippen LogP contribution in [0.15, 0.2) is 48.5 Å². The number of hydrogen-bond donors (Lipinski definition) is 0. The van der Waals surface area contributed by atoms with E-state index in [1.807, 2.05) is 12.1 Å². The van der Waals surface area contributed by atoms with E-state index >= 15 is 0 Å². The number of halogens is 3. The lowest BCUT2D eigenvalue weighted by Gasteiger charge is -2.17. The molecule has 0 N–H and O–H groups in total. The fourth-order valence-electron chi connectivity index (χ4n) is 2.90. The van der Waals surface area contributed by atoms with Crippen molar-refractivity contribution in [3.8, 4) is 0 Å². The van der Waals surface area contributed by atoms with Gasteiger partial charge in [-0.3, -0.25) is 0 Å². The molecule has 0 saturated carbocycles. The first-order valence-electron chi connectivity index (χ1n) is 9.46. The second kappa shape index (κ2) is 10.5. The standard InChI is InChI=1S/C22H28F3NO/c1-3-26(4-2)14-16-27-15-13-18-5-7-19(8-6-18)17-20-9-11-21(12-10-20)22(23,24)25/h5-12H,3-4,13-17H2,1-2H3. The molecule has 148 valence electrons. The zero-order chi connectivity index (χ0) is 19.7. The van der Waals surface area contributed by atoms with Gasteiger partial charge in [0.15, 0.2) is 0 Å². The minimum atomic E-state index is -4.28. The van der Waals surface area contributed by atoms with Crippen molar-refractivity contribution < 1.29 is 17.9 Å². The van der Waals surface area contributed by atoms with Crippen molar-refractivity contribution in [2.45, 2.75) is 32.9 Å². The molecule has 0 unspecified atom stereocenters. The van der Waals surface area contributed by atoms with E-state index in [0.717, 1.165) is 55.9 Å². The van der Waals surface area contributed by atoms with Crippen LogP contribution >= 0.6 is 0 Å². The highest BCUT2D eigenvalue weighted by molar-refractivity contribution is 5.31. The van der Waals surface area contributed by atoms with Crippen molar-refractivity contribution in [3.05, 3.63) is 70.8 Å². The molecular weight excluding hydrogens is 351 g/mol. The molecule has 27 heavy (non-hydrogen) atoms. The maximum absolute atomic E-state index is 12.6. The molecule has 0 aromatic heterocycles. The van der Waals surface area contributed by atoms with Crippen molar-refractivity contribution in [1.29, 1.82) is 0 Å². The van der Waals surface area contributed by atoms with Crippen LogP contribution in [0, 0.1) is 0 Å². The van der Waals surface area contributed by atoms with Gasteiger partial charge in [0.1, 0.15) is 0 Å². The van der Waals surface area contributed by atoms with Gasteiger partial charge < -0.3 is 9.64 Å². The van der Waals surface area contributed by atoms with E-state index < -0.39 is 11.7 Å². The molecule has 0 bridgehead atoms. The lowest BCUT2D eigenvalue weighted by atomic mass is 10.0. The molecule has 0 amide bonds. The van der Waals surface area contributed by atoms with E-state index in [4.69, 9.17) is 4.74 Å². The third kappa shape index (κ3) is 7.35. The van der Waals surface area contributed by atoms with E-state index in [1.165, 1.54) is 5.56 Å². The summed E-state index contributed by atoms with van der Waals surface area (Å²) in [5, 5.41) is 0. The van der Waals surface area contributed by atoms with Crippen LogP contribution in [-0.2, 0) is 23.8 Å². The van der Waals surface area contributed by atoms with Gasteiger partial charge in [0, 0.05) is 6.54 Å². The summed E-state index contributed by atoms with van der Waals surface area (Å²) in [4.78, 5) is 2.33. The molecule has 0 heterocycles. The van der Waals surface area contributed by atoms with E-state index in [2.05, 4.69) is 30.9 Å². The summed E-state index contributed by atoms with van der Waals surface area (Å²) in [7, 11) is 0. The number of ether oxygens (including phenoxy) is 1. The Labute approximate surface area is 160 Å². The molecule has 0 radical (unpaired) electrons. The molecule has 0 aliphatic carbocycles. The van der Waals surface area contributed by atoms with E-state index in [9.17, 15) is 13.2 Å². The Hall–Kier alpha value is -1.85. The van der Waals surface area contributed by atoms with Crippen molar-refractivity contribution in [3.63, 3.8) is 0 Å². The molecule has 0 aliphatic rings. The van der Waals surface area contributed by atoms with E-state index in [1.54, 1.807) is 12.1 Å². The number of rotatable bonds is 10. The average molecular weight is 379 g/mol. The number of benzene rings is 2. The molecule has 2 rings (SSSR count). The molecule has 2 aromatic rings. The Morgan fingerprint density at radius 1 is 0.778 bits per heavy atom. The van der Waals surface area contributed by atoms with Gasteiger partial charge in [-0.1, -0.05) is 50.2 Å². The summed E-state index contributed by atoms with van der Waals surface area (Å²) < 4.78 is 43.5. The van der Waals surface area contributed by atoms with Crippen LogP contribution in [0.25, 0.3) is 0 Å². The fourth-order valence-corrected chi connectivity index (χ4v) is 2.90. The summed E-state index contributed by atoms with van der Waals surface area (Å²) in [5.41, 5.74) is 2.55. The van der Waals surface area contributed by atoms with Gasteiger partial charge in [-0.05, 0) is 54.8 Å². The smallest absolute Gasteiger partial charge is 0.380 e. The van der Waals surface area contributed by atoms with Crippen LogP contribution in [0.4, 0.5) is 13.2 Å². The quantitative estimate of drug-likeness (QED) is 0.526. The van der Waals surface area contributed by atoms with Crippen molar-refractivity contribution in [2.75, 3.05) is 32.8 Å². The van der Waals surface area contributed by atoms with Gasteiger partial charge in [0.05, 0.1) is 18.8 Å². The van der Waals surface area contributed by atoms with Crippen LogP contribution in [0.1, 0.15) is 36.1 Å². The number of hydrogen-bond acceptors (Lipinski definition) is 2. The summed E-state index contributed by atoms with van der Waals surface area (Å²) in [6.45, 7) is 8.78. The van der Waals surface area contributed by atoms with Crippen LogP contribution in [0.2, 0.25) is 0 Å². The molecule has 0 fully saturated rings. The normalized spacial score (nSPS) is 11.9. The Morgan fingerprint density at radius 2 is 1.30 bits per heavy atom. The second-order valence-electron chi connectivity index (χ2n) is 6.58. The van der Waals surface area contributed by atoms with Gasteiger partial charge in [-0.25, -0.2) is 0 Å². The third-order valence-corrected chi connectivity index (χ3v) is 4.69. The maximum atomic E-state index is 12.6. The molecule has 2 aromatic carbocycles. The van der Waals surface area contributed by atoms with Gasteiger partial charge in [0.25, 0.3) is 0 Å². The van der Waals surface area contributed by atoms with Crippen LogP contribution < -0.4 is 0 Å². The first-order chi connectivity index (χ1) is 12.9. The summed E-state index contributed by atoms with van der Waals surface area (Å²) >= 11 is 0. The van der Waals surface area contributed by atoms with Gasteiger partial charge in [-0.15, -0.1) is 0 Å². The van der Waals surface area contributed by atoms with Crippen molar-refractivity contribution in [2.24, 2.45) is 0 Å². The fraction of sp³-hybridized carbons (Fsp3) is 0.455. The minimum absolute atomic E-state index is 0.609. The average Bonchev–Trinajstić information content (AvgIpc) is 2.66. The van der Waals surface area contributed by atoms with Crippen LogP contribution in [0.5, 0.6) is 0 Å². The highest BCUT2D eigenvalue weighted by Crippen LogP contribution is 2.29. The molecule has 0 atom stereocenters. The van der Waals surface area contributed by atoms with Gasteiger partial charge in [0.2, 0.25) is 0 Å². The SMILES string of the molecule is CCN(CC)CCOCCc1ccc(Cc2ccc(C(F)(F)F)cc2)cc1. The van der Waals surface area contributed by atoms with Crippen LogP contribution in [-0.4, -0.2) is 37.7 Å². The largest absolute Gasteiger partial charge is 0.416 e. The highest BCUT2D eigenvalue weighted by atomic mass is 19.4. The lowest BCUT2D eigenvalue weighted by Crippen LogP contribution is -2.27. The lowest BCUT2D eigenvalue weighted by molar-refractivity contribution is -0.137. The second-order valence-corrected chi connectivity index (χ2v) is 6.58. The summed E-state index contributed by atoms with van der Waals surface area (Å²) in [5.74, 6) is 0. The predicted octanol–water partition coefficient (Wildman–Crippen LogP) is 5.20. The molecule has 0 aliphatic heterocycles. The monoisotopic (exact) mass is 379 g/mol. The highest BCUT2D eigenvalue weighted by Gasteiger charge is 2.29. The van der Waals surface area contributed by atoms with Crippen molar-refractivity contribution >= 4 is 0 Å². The third-order valence-electron chi connectivity index (χ3n) is 4.69. The Morgan fingerprint density at radius 3 is 1.81 bits per heavy atom. The molecule has 0 spiro atoms. The maximum Gasteiger partial charge on any atom is 0.416 e. The first kappa shape index (κ1) is 21.5. The predicted molar refractivity (Wildman–Crippen MR) is 103 cm³/mol. The Kier molecular flexibility index (Phi) is 8.32. The van der Waals surface area contributed by atoms with Gasteiger partial charge in [-0.2, -0.15) is 13.2 Å². The zero-order valence-corrected chi connectivity index (χ0v) is 16.1. The van der Waals surface area contributed by atoms with Crippen LogP contribution in [0.3, 0.4) is 0 Å². The number of alkyl halides is 3. The Bertz CT molecular complexity index is 661. The van der Waals surface area contributed by atoms with Gasteiger partial charge >= 0.3 is 6.18 Å². The minimum Gasteiger partial charge on any atom is -0.380 e. The summed E-state index contributed by atoms with van der Waals surface area (Å²) in [6.07, 6.45) is -2.80. The number of nitrogens with zero attached hydrogens (tertiary/aromatic N) is 1. The summed E-state index contributed by atoms with van der Waals surface area (Å²) in [6, 6.07) is 13.5. The molecule has 2 nitrogen and oxygen atoms in total. The molecule has 0 saturated heterocycles. The Balaban J connectivity index is 1.76.